The lowest BCUT2D eigenvalue weighted by Gasteiger charge is -2.70. The van der Waals surface area contributed by atoms with Gasteiger partial charge >= 0.3 is 0 Å². The maximum absolute atomic E-state index is 12.5. The van der Waals surface area contributed by atoms with Crippen molar-refractivity contribution in [3.8, 4) is 0 Å². The zero-order valence-electron chi connectivity index (χ0n) is 13.9. The molecule has 4 rings (SSSR count). The minimum absolute atomic E-state index is 0.0550. The largest absolute Gasteiger partial charge is 0.396 e. The van der Waals surface area contributed by atoms with Crippen LogP contribution >= 0.6 is 0 Å². The fraction of sp³-hybridized carbons (Fsp3) is 0.750. The van der Waals surface area contributed by atoms with Gasteiger partial charge in [0.2, 0.25) is 23.6 Å². The van der Waals surface area contributed by atoms with Crippen molar-refractivity contribution in [2.45, 2.75) is 38.5 Å². The first kappa shape index (κ1) is 17.7. The van der Waals surface area contributed by atoms with E-state index in [1.54, 1.807) is 0 Å². The van der Waals surface area contributed by atoms with E-state index in [1.165, 1.54) is 0 Å². The topological polar surface area (TPSA) is 193 Å². The van der Waals surface area contributed by atoms with Crippen LogP contribution in [0.2, 0.25) is 0 Å². The number of rotatable bonds is 6. The van der Waals surface area contributed by atoms with Crippen LogP contribution in [0.1, 0.15) is 38.5 Å². The van der Waals surface area contributed by atoms with Gasteiger partial charge in [0.1, 0.15) is 0 Å². The molecule has 0 radical (unpaired) electrons. The van der Waals surface area contributed by atoms with E-state index in [1.807, 2.05) is 0 Å². The van der Waals surface area contributed by atoms with Gasteiger partial charge in [-0.3, -0.25) is 19.2 Å². The maximum atomic E-state index is 12.5. The highest BCUT2D eigenvalue weighted by atomic mass is 16.3. The molecule has 0 aromatic rings. The van der Waals surface area contributed by atoms with Crippen LogP contribution in [0.4, 0.5) is 0 Å². The normalized spacial score (nSPS) is 44.4. The number of carbonyl (C=O) groups is 4. The Morgan fingerprint density at radius 2 is 1.08 bits per heavy atom. The van der Waals surface area contributed by atoms with Gasteiger partial charge < -0.3 is 28.0 Å². The molecule has 25 heavy (non-hydrogen) atoms. The summed E-state index contributed by atoms with van der Waals surface area (Å²) < 4.78 is 0. The molecule has 0 unspecified atom stereocenters. The number of carbonyl (C=O) groups excluding carboxylic acids is 4. The van der Waals surface area contributed by atoms with Crippen LogP contribution in [0.3, 0.4) is 0 Å². The van der Waals surface area contributed by atoms with Gasteiger partial charge in [0.15, 0.2) is 0 Å². The van der Waals surface area contributed by atoms with Gasteiger partial charge in [0.05, 0.1) is 21.7 Å². The number of aliphatic hydroxyl groups is 1. The Balaban J connectivity index is 2.32. The first-order valence-corrected chi connectivity index (χ1v) is 8.31. The molecule has 9 nitrogen and oxygen atoms in total. The third kappa shape index (κ3) is 1.92. The van der Waals surface area contributed by atoms with E-state index < -0.39 is 51.2 Å². The average molecular weight is 352 g/mol. The standard InChI is InChI=1S/C16H24N4O5/c17-9(22)13-3-14(10(18)23)6-15(4-13,11(19)24)8(1-2-21)16(5-13,7-14)12(20)25/h8,21H,1-7H2,(H2,17,22)(H2,18,23)(H2,19,24)(H2,20,25). The summed E-state index contributed by atoms with van der Waals surface area (Å²) in [6, 6.07) is 0. The van der Waals surface area contributed by atoms with Crippen molar-refractivity contribution in [2.24, 2.45) is 50.5 Å². The summed E-state index contributed by atoms with van der Waals surface area (Å²) in [6.07, 6.45) is 0.438. The van der Waals surface area contributed by atoms with Gasteiger partial charge in [-0.2, -0.15) is 0 Å². The highest BCUT2D eigenvalue weighted by Gasteiger charge is 2.78. The minimum Gasteiger partial charge on any atom is -0.396 e. The smallest absolute Gasteiger partial charge is 0.224 e. The Bertz CT molecular complexity index is 622. The van der Waals surface area contributed by atoms with Crippen molar-refractivity contribution in [1.29, 1.82) is 0 Å². The summed E-state index contributed by atoms with van der Waals surface area (Å²) in [5.74, 6) is -3.45. The fourth-order valence-electron chi connectivity index (χ4n) is 6.48. The van der Waals surface area contributed by atoms with E-state index in [9.17, 15) is 24.3 Å². The Kier molecular flexibility index (Phi) is 3.49. The molecule has 4 fully saturated rings. The summed E-state index contributed by atoms with van der Waals surface area (Å²) in [4.78, 5) is 49.7. The predicted molar refractivity (Wildman–Crippen MR) is 84.8 cm³/mol. The number of hydrogen-bond donors (Lipinski definition) is 5. The maximum Gasteiger partial charge on any atom is 0.224 e. The van der Waals surface area contributed by atoms with Gasteiger partial charge in [0.25, 0.3) is 0 Å². The van der Waals surface area contributed by atoms with Gasteiger partial charge in [-0.15, -0.1) is 0 Å². The zero-order valence-corrected chi connectivity index (χ0v) is 13.9. The first-order valence-electron chi connectivity index (χ1n) is 8.31. The summed E-state index contributed by atoms with van der Waals surface area (Å²) in [6.45, 7) is -0.276. The number of primary amides is 4. The Labute approximate surface area is 144 Å². The van der Waals surface area contributed by atoms with Gasteiger partial charge in [0, 0.05) is 6.61 Å². The van der Waals surface area contributed by atoms with Crippen LogP contribution in [0.25, 0.3) is 0 Å². The van der Waals surface area contributed by atoms with Crippen molar-refractivity contribution < 1.29 is 24.3 Å². The third-order valence-corrected chi connectivity index (χ3v) is 7.07. The van der Waals surface area contributed by atoms with Crippen molar-refractivity contribution in [1.82, 2.24) is 0 Å². The lowest BCUT2D eigenvalue weighted by molar-refractivity contribution is -0.228. The van der Waals surface area contributed by atoms with Crippen LogP contribution in [-0.2, 0) is 19.2 Å². The molecule has 9 heteroatoms. The molecule has 0 aliphatic heterocycles. The van der Waals surface area contributed by atoms with Crippen molar-refractivity contribution in [3.05, 3.63) is 0 Å². The molecule has 0 atom stereocenters. The average Bonchev–Trinajstić information content (AvgIpc) is 2.49. The number of hydrogen-bond acceptors (Lipinski definition) is 5. The van der Waals surface area contributed by atoms with E-state index in [2.05, 4.69) is 0 Å². The molecular weight excluding hydrogens is 328 g/mol. The fourth-order valence-corrected chi connectivity index (χ4v) is 6.48. The van der Waals surface area contributed by atoms with Crippen LogP contribution < -0.4 is 22.9 Å². The Morgan fingerprint density at radius 3 is 1.32 bits per heavy atom. The van der Waals surface area contributed by atoms with Gasteiger partial charge in [-0.25, -0.2) is 0 Å². The van der Waals surface area contributed by atoms with Crippen molar-refractivity contribution >= 4 is 23.6 Å². The second-order valence-electron chi connectivity index (χ2n) is 8.28. The molecule has 9 N–H and O–H groups in total. The Morgan fingerprint density at radius 1 is 0.720 bits per heavy atom. The summed E-state index contributed by atoms with van der Waals surface area (Å²) >= 11 is 0. The molecular formula is C16H24N4O5. The van der Waals surface area contributed by atoms with E-state index in [4.69, 9.17) is 22.9 Å². The molecule has 4 aliphatic rings. The van der Waals surface area contributed by atoms with E-state index in [0.29, 0.717) is 0 Å². The number of nitrogens with two attached hydrogens (primary N) is 4. The van der Waals surface area contributed by atoms with Gasteiger partial charge in [-0.05, 0) is 44.4 Å². The molecule has 4 bridgehead atoms. The molecule has 0 aromatic carbocycles. The van der Waals surface area contributed by atoms with E-state index >= 15 is 0 Å². The molecule has 0 saturated heterocycles. The molecule has 4 amide bonds. The predicted octanol–water partition coefficient (Wildman–Crippen LogP) is -2.14. The quantitative estimate of drug-likeness (QED) is 0.363. The van der Waals surface area contributed by atoms with E-state index in [-0.39, 0.29) is 45.1 Å². The monoisotopic (exact) mass is 352 g/mol. The second kappa shape index (κ2) is 4.94. The highest BCUT2D eigenvalue weighted by Crippen LogP contribution is 2.76. The van der Waals surface area contributed by atoms with Crippen LogP contribution in [0, 0.1) is 27.6 Å². The number of amides is 4. The minimum atomic E-state index is -1.32. The second-order valence-corrected chi connectivity index (χ2v) is 8.28. The van der Waals surface area contributed by atoms with E-state index in [0.717, 1.165) is 0 Å². The molecule has 0 heterocycles. The molecule has 4 saturated carbocycles. The third-order valence-electron chi connectivity index (χ3n) is 7.07. The lowest BCUT2D eigenvalue weighted by atomic mass is 9.31. The van der Waals surface area contributed by atoms with Crippen LogP contribution in [-0.4, -0.2) is 35.3 Å². The molecule has 0 spiro atoms. The summed E-state index contributed by atoms with van der Waals surface area (Å²) in [5.41, 5.74) is 17.6. The Hall–Kier alpha value is -2.16. The SMILES string of the molecule is NC(=O)C12CC3(C(N)=O)CC(C(N)=O)(C1)C(CCO)C(C(N)=O)(C2)C3. The molecule has 138 valence electrons. The number of aliphatic hydroxyl groups excluding tert-OH is 1. The molecule has 0 aromatic heterocycles. The van der Waals surface area contributed by atoms with Crippen molar-refractivity contribution in [2.75, 3.05) is 6.61 Å². The van der Waals surface area contributed by atoms with Crippen LogP contribution in [0.5, 0.6) is 0 Å². The zero-order chi connectivity index (χ0) is 18.8. The van der Waals surface area contributed by atoms with Crippen molar-refractivity contribution in [3.63, 3.8) is 0 Å². The first-order chi connectivity index (χ1) is 11.5. The molecule has 4 aliphatic carbocycles. The summed E-state index contributed by atoms with van der Waals surface area (Å²) in [7, 11) is 0. The lowest BCUT2D eigenvalue weighted by Crippen LogP contribution is -2.75. The van der Waals surface area contributed by atoms with Gasteiger partial charge in [-0.1, -0.05) is 0 Å². The van der Waals surface area contributed by atoms with Crippen LogP contribution in [0.15, 0.2) is 0 Å². The highest BCUT2D eigenvalue weighted by molar-refractivity contribution is 5.95. The summed E-state index contributed by atoms with van der Waals surface area (Å²) in [5, 5.41) is 9.50.